The van der Waals surface area contributed by atoms with Crippen molar-refractivity contribution >= 4 is 34.8 Å². The fourth-order valence-electron chi connectivity index (χ4n) is 2.21. The molecule has 1 amide bonds. The van der Waals surface area contributed by atoms with E-state index in [1.165, 1.54) is 6.20 Å². The number of benzene rings is 1. The highest BCUT2D eigenvalue weighted by Gasteiger charge is 2.19. The van der Waals surface area contributed by atoms with Crippen LogP contribution in [0.2, 0.25) is 10.2 Å². The standard InChI is InChI=1S/C18H13Cl2N3O/c19-14-5-7-16(8-6-14)23(12-15-3-1-2-10-21-15)18(24)13-4-9-17(20)22-11-13/h1-11H,12H2. The normalized spacial score (nSPS) is 10.4. The monoisotopic (exact) mass is 357 g/mol. The number of halogens is 2. The van der Waals surface area contributed by atoms with Gasteiger partial charge in [0.05, 0.1) is 17.8 Å². The molecule has 2 aromatic heterocycles. The third-order valence-electron chi connectivity index (χ3n) is 3.40. The Balaban J connectivity index is 1.96. The van der Waals surface area contributed by atoms with Crippen LogP contribution in [0.1, 0.15) is 16.1 Å². The van der Waals surface area contributed by atoms with Gasteiger partial charge in [0.25, 0.3) is 5.91 Å². The maximum absolute atomic E-state index is 12.9. The lowest BCUT2D eigenvalue weighted by atomic mass is 10.2. The molecule has 0 aliphatic carbocycles. The highest BCUT2D eigenvalue weighted by atomic mass is 35.5. The van der Waals surface area contributed by atoms with Gasteiger partial charge in [-0.3, -0.25) is 9.78 Å². The van der Waals surface area contributed by atoms with E-state index >= 15 is 0 Å². The quantitative estimate of drug-likeness (QED) is 0.639. The lowest BCUT2D eigenvalue weighted by Gasteiger charge is -2.22. The number of hydrogen-bond donors (Lipinski definition) is 0. The van der Waals surface area contributed by atoms with E-state index in [1.54, 1.807) is 47.5 Å². The van der Waals surface area contributed by atoms with Gasteiger partial charge in [-0.05, 0) is 48.5 Å². The topological polar surface area (TPSA) is 46.1 Å². The summed E-state index contributed by atoms with van der Waals surface area (Å²) in [5, 5.41) is 0.950. The van der Waals surface area contributed by atoms with Crippen molar-refractivity contribution in [2.45, 2.75) is 6.54 Å². The molecule has 0 unspecified atom stereocenters. The maximum atomic E-state index is 12.9. The van der Waals surface area contributed by atoms with Crippen molar-refractivity contribution in [2.75, 3.05) is 4.90 Å². The van der Waals surface area contributed by atoms with Crippen molar-refractivity contribution in [2.24, 2.45) is 0 Å². The van der Waals surface area contributed by atoms with Gasteiger partial charge in [0, 0.05) is 23.1 Å². The molecule has 0 aliphatic heterocycles. The highest BCUT2D eigenvalue weighted by molar-refractivity contribution is 6.30. The Kier molecular flexibility index (Phi) is 5.08. The Morgan fingerprint density at radius 3 is 2.38 bits per heavy atom. The van der Waals surface area contributed by atoms with E-state index in [2.05, 4.69) is 9.97 Å². The van der Waals surface area contributed by atoms with Crippen LogP contribution in [-0.2, 0) is 6.54 Å². The first-order valence-corrected chi connectivity index (χ1v) is 7.98. The lowest BCUT2D eigenvalue weighted by molar-refractivity contribution is 0.0984. The Labute approximate surface area is 149 Å². The molecular formula is C18H13Cl2N3O. The van der Waals surface area contributed by atoms with E-state index in [1.807, 2.05) is 18.2 Å². The van der Waals surface area contributed by atoms with Crippen molar-refractivity contribution in [3.8, 4) is 0 Å². The summed E-state index contributed by atoms with van der Waals surface area (Å²) >= 11 is 11.7. The first kappa shape index (κ1) is 16.4. The van der Waals surface area contributed by atoms with E-state index < -0.39 is 0 Å². The number of aromatic nitrogens is 2. The third kappa shape index (κ3) is 3.91. The number of hydrogen-bond acceptors (Lipinski definition) is 3. The van der Waals surface area contributed by atoms with Crippen LogP contribution in [0.25, 0.3) is 0 Å². The second-order valence-electron chi connectivity index (χ2n) is 5.06. The molecule has 2 heterocycles. The Morgan fingerprint density at radius 2 is 1.75 bits per heavy atom. The van der Waals surface area contributed by atoms with Crippen LogP contribution < -0.4 is 4.90 Å². The molecule has 3 aromatic rings. The van der Waals surface area contributed by atoms with Crippen molar-refractivity contribution in [1.29, 1.82) is 0 Å². The smallest absolute Gasteiger partial charge is 0.260 e. The van der Waals surface area contributed by atoms with Gasteiger partial charge in [-0.1, -0.05) is 29.3 Å². The Hall–Kier alpha value is -2.43. The molecule has 3 rings (SSSR count). The van der Waals surface area contributed by atoms with E-state index in [0.29, 0.717) is 22.3 Å². The van der Waals surface area contributed by atoms with Gasteiger partial charge >= 0.3 is 0 Å². The molecule has 6 heteroatoms. The molecule has 0 spiro atoms. The summed E-state index contributed by atoms with van der Waals surface area (Å²) in [7, 11) is 0. The molecule has 0 atom stereocenters. The van der Waals surface area contributed by atoms with Crippen LogP contribution in [-0.4, -0.2) is 15.9 Å². The number of amides is 1. The van der Waals surface area contributed by atoms with Gasteiger partial charge in [0.1, 0.15) is 5.15 Å². The predicted octanol–water partition coefficient (Wildman–Crippen LogP) is 4.63. The fraction of sp³-hybridized carbons (Fsp3) is 0.0556. The zero-order valence-corrected chi connectivity index (χ0v) is 14.1. The minimum absolute atomic E-state index is 0.188. The Morgan fingerprint density at radius 1 is 0.958 bits per heavy atom. The van der Waals surface area contributed by atoms with Gasteiger partial charge in [-0.25, -0.2) is 4.98 Å². The van der Waals surface area contributed by atoms with E-state index in [9.17, 15) is 4.79 Å². The summed E-state index contributed by atoms with van der Waals surface area (Å²) in [5.74, 6) is -0.188. The molecule has 0 aliphatic rings. The van der Waals surface area contributed by atoms with Gasteiger partial charge in [0.2, 0.25) is 0 Å². The summed E-state index contributed by atoms with van der Waals surface area (Å²) in [4.78, 5) is 22.8. The van der Waals surface area contributed by atoms with Crippen molar-refractivity contribution in [3.63, 3.8) is 0 Å². The molecule has 0 fully saturated rings. The number of anilines is 1. The molecule has 0 radical (unpaired) electrons. The molecule has 0 bridgehead atoms. The number of carbonyl (C=O) groups excluding carboxylic acids is 1. The number of carbonyl (C=O) groups is 1. The molecular weight excluding hydrogens is 345 g/mol. The van der Waals surface area contributed by atoms with E-state index in [0.717, 1.165) is 11.4 Å². The van der Waals surface area contributed by atoms with Crippen LogP contribution in [0.5, 0.6) is 0 Å². The van der Waals surface area contributed by atoms with E-state index in [4.69, 9.17) is 23.2 Å². The molecule has 4 nitrogen and oxygen atoms in total. The molecule has 0 N–H and O–H groups in total. The SMILES string of the molecule is O=C(c1ccc(Cl)nc1)N(Cc1ccccn1)c1ccc(Cl)cc1. The van der Waals surface area contributed by atoms with Gasteiger partial charge in [0.15, 0.2) is 0 Å². The molecule has 0 saturated carbocycles. The number of rotatable bonds is 4. The van der Waals surface area contributed by atoms with Crippen LogP contribution in [0.15, 0.2) is 67.0 Å². The largest absolute Gasteiger partial charge is 0.302 e. The number of pyridine rings is 2. The van der Waals surface area contributed by atoms with Gasteiger partial charge < -0.3 is 4.90 Å². The Bertz CT molecular complexity index is 821. The first-order chi connectivity index (χ1) is 11.6. The molecule has 24 heavy (non-hydrogen) atoms. The summed E-state index contributed by atoms with van der Waals surface area (Å²) in [6, 6.07) is 15.9. The minimum Gasteiger partial charge on any atom is -0.302 e. The molecule has 1 aromatic carbocycles. The van der Waals surface area contributed by atoms with Crippen molar-refractivity contribution < 1.29 is 4.79 Å². The third-order valence-corrected chi connectivity index (χ3v) is 3.88. The second kappa shape index (κ2) is 7.43. The summed E-state index contributed by atoms with van der Waals surface area (Å²) in [5.41, 5.74) is 1.96. The molecule has 0 saturated heterocycles. The fourth-order valence-corrected chi connectivity index (χ4v) is 2.45. The van der Waals surface area contributed by atoms with Crippen LogP contribution in [0.3, 0.4) is 0 Å². The average Bonchev–Trinajstić information content (AvgIpc) is 2.62. The van der Waals surface area contributed by atoms with Crippen LogP contribution in [0.4, 0.5) is 5.69 Å². The van der Waals surface area contributed by atoms with Gasteiger partial charge in [-0.15, -0.1) is 0 Å². The first-order valence-electron chi connectivity index (χ1n) is 7.22. The van der Waals surface area contributed by atoms with Crippen molar-refractivity contribution in [1.82, 2.24) is 9.97 Å². The summed E-state index contributed by atoms with van der Waals surface area (Å²) < 4.78 is 0. The lowest BCUT2D eigenvalue weighted by Crippen LogP contribution is -2.30. The second-order valence-corrected chi connectivity index (χ2v) is 5.88. The summed E-state index contributed by atoms with van der Waals surface area (Å²) in [6.07, 6.45) is 3.16. The average molecular weight is 358 g/mol. The zero-order chi connectivity index (χ0) is 16.9. The highest BCUT2D eigenvalue weighted by Crippen LogP contribution is 2.22. The predicted molar refractivity (Wildman–Crippen MR) is 95.4 cm³/mol. The number of nitrogens with zero attached hydrogens (tertiary/aromatic N) is 3. The van der Waals surface area contributed by atoms with E-state index in [-0.39, 0.29) is 5.91 Å². The van der Waals surface area contributed by atoms with Crippen molar-refractivity contribution in [3.05, 3.63) is 88.4 Å². The van der Waals surface area contributed by atoms with Crippen LogP contribution >= 0.6 is 23.2 Å². The molecule has 120 valence electrons. The van der Waals surface area contributed by atoms with Gasteiger partial charge in [-0.2, -0.15) is 0 Å². The van der Waals surface area contributed by atoms with Crippen LogP contribution in [0, 0.1) is 0 Å². The minimum atomic E-state index is -0.188. The zero-order valence-electron chi connectivity index (χ0n) is 12.6. The maximum Gasteiger partial charge on any atom is 0.260 e. The summed E-state index contributed by atoms with van der Waals surface area (Å²) in [6.45, 7) is 0.337.